The molecule has 0 amide bonds. The van der Waals surface area contributed by atoms with E-state index >= 15 is 0 Å². The Bertz CT molecular complexity index is 344. The maximum absolute atomic E-state index is 6.16. The van der Waals surface area contributed by atoms with Gasteiger partial charge in [-0.1, -0.05) is 35.4 Å². The Labute approximate surface area is 90.6 Å². The zero-order chi connectivity index (χ0) is 10.7. The summed E-state index contributed by atoms with van der Waals surface area (Å²) in [6.45, 7) is 7.81. The van der Waals surface area contributed by atoms with E-state index in [1.54, 1.807) is 0 Å². The van der Waals surface area contributed by atoms with E-state index in [1.165, 1.54) is 0 Å². The number of hydrogen-bond acceptors (Lipinski definition) is 1. The highest BCUT2D eigenvalue weighted by molar-refractivity contribution is 6.32. The number of hydrogen-bond donors (Lipinski definition) is 1. The van der Waals surface area contributed by atoms with E-state index in [1.807, 2.05) is 32.0 Å². The van der Waals surface area contributed by atoms with Crippen LogP contribution in [0.4, 0.5) is 0 Å². The molecular formula is C12H16ClN. The Morgan fingerprint density at radius 2 is 2.21 bits per heavy atom. The van der Waals surface area contributed by atoms with Crippen LogP contribution in [0, 0.1) is 6.92 Å². The molecule has 0 aromatic heterocycles. The van der Waals surface area contributed by atoms with Gasteiger partial charge in [-0.05, 0) is 31.4 Å². The van der Waals surface area contributed by atoms with E-state index in [0.717, 1.165) is 28.1 Å². The molecule has 0 spiro atoms. The highest BCUT2D eigenvalue weighted by Gasteiger charge is 2.10. The van der Waals surface area contributed by atoms with Crippen LogP contribution in [-0.2, 0) is 0 Å². The number of halogens is 1. The van der Waals surface area contributed by atoms with Crippen LogP contribution >= 0.6 is 11.6 Å². The molecule has 0 heterocycles. The molecule has 0 aliphatic heterocycles. The lowest BCUT2D eigenvalue weighted by atomic mass is 9.99. The lowest BCUT2D eigenvalue weighted by Gasteiger charge is -2.14. The van der Waals surface area contributed by atoms with Gasteiger partial charge in [0.05, 0.1) is 0 Å². The molecule has 1 aromatic carbocycles. The van der Waals surface area contributed by atoms with Crippen molar-refractivity contribution < 1.29 is 0 Å². The molecule has 0 saturated carbocycles. The van der Waals surface area contributed by atoms with Gasteiger partial charge in [-0.25, -0.2) is 0 Å². The summed E-state index contributed by atoms with van der Waals surface area (Å²) >= 11 is 6.16. The normalized spacial score (nSPS) is 12.6. The van der Waals surface area contributed by atoms with Crippen LogP contribution in [0.3, 0.4) is 0 Å². The van der Waals surface area contributed by atoms with Gasteiger partial charge in [0.1, 0.15) is 0 Å². The Morgan fingerprint density at radius 1 is 1.57 bits per heavy atom. The van der Waals surface area contributed by atoms with Gasteiger partial charge < -0.3 is 5.73 Å². The zero-order valence-corrected chi connectivity index (χ0v) is 9.43. The van der Waals surface area contributed by atoms with Crippen molar-refractivity contribution in [3.63, 3.8) is 0 Å². The molecule has 1 unspecified atom stereocenters. The largest absolute Gasteiger partial charge is 0.324 e. The van der Waals surface area contributed by atoms with E-state index < -0.39 is 0 Å². The summed E-state index contributed by atoms with van der Waals surface area (Å²) < 4.78 is 0. The predicted octanol–water partition coefficient (Wildman–Crippen LogP) is 3.61. The summed E-state index contributed by atoms with van der Waals surface area (Å²) in [4.78, 5) is 0. The number of aryl methyl sites for hydroxylation is 1. The van der Waals surface area contributed by atoms with Crippen molar-refractivity contribution in [3.05, 3.63) is 46.5 Å². The second-order valence-corrected chi connectivity index (χ2v) is 4.12. The van der Waals surface area contributed by atoms with Gasteiger partial charge in [0.25, 0.3) is 0 Å². The minimum atomic E-state index is -0.0418. The van der Waals surface area contributed by atoms with Crippen LogP contribution in [0.25, 0.3) is 0 Å². The minimum absolute atomic E-state index is 0.0418. The average Bonchev–Trinajstić information content (AvgIpc) is 2.08. The van der Waals surface area contributed by atoms with Gasteiger partial charge in [-0.15, -0.1) is 6.58 Å². The topological polar surface area (TPSA) is 26.0 Å². The van der Waals surface area contributed by atoms with Crippen molar-refractivity contribution >= 4 is 11.6 Å². The molecule has 2 N–H and O–H groups in total. The quantitative estimate of drug-likeness (QED) is 0.757. The van der Waals surface area contributed by atoms with E-state index in [9.17, 15) is 0 Å². The Kier molecular flexibility index (Phi) is 3.73. The first kappa shape index (κ1) is 11.3. The first-order chi connectivity index (χ1) is 6.52. The van der Waals surface area contributed by atoms with Gasteiger partial charge in [0, 0.05) is 11.1 Å². The van der Waals surface area contributed by atoms with Crippen LogP contribution < -0.4 is 5.73 Å². The van der Waals surface area contributed by atoms with Gasteiger partial charge in [-0.3, -0.25) is 0 Å². The molecule has 0 aliphatic carbocycles. The molecule has 1 nitrogen and oxygen atoms in total. The maximum Gasteiger partial charge on any atom is 0.0483 e. The fourth-order valence-corrected chi connectivity index (χ4v) is 1.71. The molecule has 0 saturated heterocycles. The van der Waals surface area contributed by atoms with Crippen molar-refractivity contribution in [2.24, 2.45) is 5.73 Å². The van der Waals surface area contributed by atoms with Crippen LogP contribution in [0.5, 0.6) is 0 Å². The summed E-state index contributed by atoms with van der Waals surface area (Å²) in [5.41, 5.74) is 9.18. The molecule has 0 radical (unpaired) electrons. The van der Waals surface area contributed by atoms with E-state index in [0.29, 0.717) is 0 Å². The molecule has 76 valence electrons. The predicted molar refractivity (Wildman–Crippen MR) is 62.5 cm³/mol. The molecule has 2 heteroatoms. The third-order valence-corrected chi connectivity index (χ3v) is 2.71. The number of benzene rings is 1. The second-order valence-electron chi connectivity index (χ2n) is 3.75. The first-order valence-corrected chi connectivity index (χ1v) is 5.05. The number of nitrogens with two attached hydrogens (primary N) is 1. The van der Waals surface area contributed by atoms with Crippen molar-refractivity contribution in [1.29, 1.82) is 0 Å². The molecule has 0 bridgehead atoms. The van der Waals surface area contributed by atoms with Crippen molar-refractivity contribution in [1.82, 2.24) is 0 Å². The van der Waals surface area contributed by atoms with E-state index in [2.05, 4.69) is 6.58 Å². The number of rotatable bonds is 3. The Morgan fingerprint density at radius 3 is 2.79 bits per heavy atom. The molecular weight excluding hydrogens is 194 g/mol. The van der Waals surface area contributed by atoms with Crippen molar-refractivity contribution in [2.75, 3.05) is 0 Å². The third-order valence-electron chi connectivity index (χ3n) is 2.19. The fourth-order valence-electron chi connectivity index (χ4n) is 1.44. The standard InChI is InChI=1S/C12H16ClN/c1-8(2)7-11(14)10-6-4-5-9(3)12(10)13/h4-6,11H,1,7,14H2,2-3H3. The third kappa shape index (κ3) is 2.60. The molecule has 14 heavy (non-hydrogen) atoms. The maximum atomic E-state index is 6.16. The van der Waals surface area contributed by atoms with Gasteiger partial charge >= 0.3 is 0 Å². The summed E-state index contributed by atoms with van der Waals surface area (Å²) in [5.74, 6) is 0. The first-order valence-electron chi connectivity index (χ1n) is 4.67. The monoisotopic (exact) mass is 209 g/mol. The van der Waals surface area contributed by atoms with Crippen LogP contribution in [0.1, 0.15) is 30.5 Å². The Hall–Kier alpha value is -0.790. The zero-order valence-electron chi connectivity index (χ0n) is 8.68. The SMILES string of the molecule is C=C(C)CC(N)c1cccc(C)c1Cl. The highest BCUT2D eigenvalue weighted by atomic mass is 35.5. The molecule has 0 fully saturated rings. The van der Waals surface area contributed by atoms with Gasteiger partial charge in [0.15, 0.2) is 0 Å². The highest BCUT2D eigenvalue weighted by Crippen LogP contribution is 2.27. The lowest BCUT2D eigenvalue weighted by molar-refractivity contribution is 0.717. The fraction of sp³-hybridized carbons (Fsp3) is 0.333. The van der Waals surface area contributed by atoms with E-state index in [4.69, 9.17) is 17.3 Å². The average molecular weight is 210 g/mol. The minimum Gasteiger partial charge on any atom is -0.324 e. The molecule has 1 atom stereocenters. The smallest absolute Gasteiger partial charge is 0.0483 e. The molecule has 1 rings (SSSR count). The summed E-state index contributed by atoms with van der Waals surface area (Å²) in [5, 5.41) is 0.779. The molecule has 0 aliphatic rings. The summed E-state index contributed by atoms with van der Waals surface area (Å²) in [6, 6.07) is 5.90. The van der Waals surface area contributed by atoms with Gasteiger partial charge in [-0.2, -0.15) is 0 Å². The lowest BCUT2D eigenvalue weighted by Crippen LogP contribution is -2.11. The van der Waals surface area contributed by atoms with Crippen LogP contribution in [0.15, 0.2) is 30.4 Å². The molecule has 1 aromatic rings. The van der Waals surface area contributed by atoms with Crippen molar-refractivity contribution in [3.8, 4) is 0 Å². The summed E-state index contributed by atoms with van der Waals surface area (Å²) in [7, 11) is 0. The van der Waals surface area contributed by atoms with Crippen LogP contribution in [0.2, 0.25) is 5.02 Å². The summed E-state index contributed by atoms with van der Waals surface area (Å²) in [6.07, 6.45) is 0.781. The van der Waals surface area contributed by atoms with Crippen molar-refractivity contribution in [2.45, 2.75) is 26.3 Å². The second kappa shape index (κ2) is 4.63. The van der Waals surface area contributed by atoms with Gasteiger partial charge in [0.2, 0.25) is 0 Å². The van der Waals surface area contributed by atoms with Crippen LogP contribution in [-0.4, -0.2) is 0 Å². The van der Waals surface area contributed by atoms with E-state index in [-0.39, 0.29) is 6.04 Å². The Balaban J connectivity index is 2.95.